The van der Waals surface area contributed by atoms with Gasteiger partial charge in [0.25, 0.3) is 0 Å². The van der Waals surface area contributed by atoms with E-state index in [0.717, 1.165) is 32.4 Å². The molecule has 2 heterocycles. The summed E-state index contributed by atoms with van der Waals surface area (Å²) in [7, 11) is 0. The fraction of sp³-hybridized carbons (Fsp3) is 0.500. The van der Waals surface area contributed by atoms with Crippen LogP contribution in [0, 0.1) is 16.0 Å². The van der Waals surface area contributed by atoms with Gasteiger partial charge in [0, 0.05) is 6.54 Å². The molecule has 1 aliphatic rings. The van der Waals surface area contributed by atoms with E-state index in [1.54, 1.807) is 0 Å². The molecule has 1 N–H and O–H groups in total. The van der Waals surface area contributed by atoms with Gasteiger partial charge in [-0.3, -0.25) is 14.8 Å². The molecule has 1 aliphatic heterocycles. The zero-order valence-electron chi connectivity index (χ0n) is 14.2. The molecule has 1 saturated heterocycles. The van der Waals surface area contributed by atoms with Gasteiger partial charge in [0.05, 0.1) is 17.6 Å². The summed E-state index contributed by atoms with van der Waals surface area (Å²) in [4.78, 5) is 12.4. The molecule has 25 heavy (non-hydrogen) atoms. The van der Waals surface area contributed by atoms with Crippen molar-refractivity contribution in [2.45, 2.75) is 31.9 Å². The SMILES string of the molecule is O=[N+]([O-])c1cnn(CC(O)CN2CCC(Cc3ccccc3)CC2)c1. The Bertz CT molecular complexity index is 681. The Morgan fingerprint density at radius 2 is 1.96 bits per heavy atom. The highest BCUT2D eigenvalue weighted by Gasteiger charge is 2.21. The largest absolute Gasteiger partial charge is 0.390 e. The number of benzene rings is 1. The van der Waals surface area contributed by atoms with Crippen molar-refractivity contribution in [2.24, 2.45) is 5.92 Å². The minimum Gasteiger partial charge on any atom is -0.390 e. The minimum atomic E-state index is -0.579. The first-order valence-electron chi connectivity index (χ1n) is 8.71. The molecule has 0 radical (unpaired) electrons. The molecule has 1 fully saturated rings. The van der Waals surface area contributed by atoms with Crippen LogP contribution in [0.25, 0.3) is 0 Å². The third-order valence-electron chi connectivity index (χ3n) is 4.77. The van der Waals surface area contributed by atoms with Crippen molar-refractivity contribution in [3.05, 3.63) is 58.4 Å². The second kappa shape index (κ2) is 8.22. The lowest BCUT2D eigenvalue weighted by atomic mass is 9.90. The van der Waals surface area contributed by atoms with Gasteiger partial charge in [-0.05, 0) is 43.8 Å². The van der Waals surface area contributed by atoms with Gasteiger partial charge in [-0.1, -0.05) is 30.3 Å². The molecule has 1 unspecified atom stereocenters. The maximum atomic E-state index is 10.7. The number of aromatic nitrogens is 2. The van der Waals surface area contributed by atoms with Crippen LogP contribution in [0.2, 0.25) is 0 Å². The van der Waals surface area contributed by atoms with Crippen LogP contribution >= 0.6 is 0 Å². The van der Waals surface area contributed by atoms with Crippen LogP contribution in [0.1, 0.15) is 18.4 Å². The Balaban J connectivity index is 1.41. The van der Waals surface area contributed by atoms with Gasteiger partial charge in [-0.2, -0.15) is 5.10 Å². The molecule has 2 aromatic rings. The molecule has 0 saturated carbocycles. The zero-order valence-corrected chi connectivity index (χ0v) is 14.2. The van der Waals surface area contributed by atoms with Crippen LogP contribution in [0.5, 0.6) is 0 Å². The first-order valence-corrected chi connectivity index (χ1v) is 8.71. The van der Waals surface area contributed by atoms with Crippen LogP contribution in [0.15, 0.2) is 42.7 Å². The molecule has 7 nitrogen and oxygen atoms in total. The summed E-state index contributed by atoms with van der Waals surface area (Å²) in [5.74, 6) is 0.699. The van der Waals surface area contributed by atoms with Gasteiger partial charge < -0.3 is 10.0 Å². The third-order valence-corrected chi connectivity index (χ3v) is 4.77. The van der Waals surface area contributed by atoms with E-state index in [4.69, 9.17) is 0 Å². The van der Waals surface area contributed by atoms with Crippen molar-refractivity contribution in [2.75, 3.05) is 19.6 Å². The van der Waals surface area contributed by atoms with Gasteiger partial charge in [-0.15, -0.1) is 0 Å². The molecule has 134 valence electrons. The normalized spacial score (nSPS) is 17.5. The molecule has 0 spiro atoms. The summed E-state index contributed by atoms with van der Waals surface area (Å²) in [6.45, 7) is 2.81. The van der Waals surface area contributed by atoms with Crippen molar-refractivity contribution in [1.82, 2.24) is 14.7 Å². The lowest BCUT2D eigenvalue weighted by Crippen LogP contribution is -2.40. The number of rotatable bonds is 7. The van der Waals surface area contributed by atoms with Gasteiger partial charge in [0.2, 0.25) is 0 Å². The van der Waals surface area contributed by atoms with Crippen molar-refractivity contribution in [3.8, 4) is 0 Å². The number of hydrogen-bond acceptors (Lipinski definition) is 5. The fourth-order valence-electron chi connectivity index (χ4n) is 3.44. The third kappa shape index (κ3) is 5.11. The van der Waals surface area contributed by atoms with Crippen molar-refractivity contribution in [3.63, 3.8) is 0 Å². The number of likely N-dealkylation sites (tertiary alicyclic amines) is 1. The van der Waals surface area contributed by atoms with Crippen molar-refractivity contribution < 1.29 is 10.0 Å². The number of piperidine rings is 1. The topological polar surface area (TPSA) is 84.4 Å². The summed E-state index contributed by atoms with van der Waals surface area (Å²) < 4.78 is 1.44. The highest BCUT2D eigenvalue weighted by atomic mass is 16.6. The molecule has 1 aromatic carbocycles. The predicted octanol–water partition coefficient (Wildman–Crippen LogP) is 2.11. The molecule has 3 rings (SSSR count). The van der Waals surface area contributed by atoms with Gasteiger partial charge in [0.1, 0.15) is 12.4 Å². The van der Waals surface area contributed by atoms with Crippen LogP contribution in [0.3, 0.4) is 0 Å². The smallest absolute Gasteiger partial charge is 0.306 e. The highest BCUT2D eigenvalue weighted by Crippen LogP contribution is 2.21. The summed E-state index contributed by atoms with van der Waals surface area (Å²) in [5.41, 5.74) is 1.34. The number of β-amino-alcohol motifs (C(OH)–C–C–N with tert-alkyl or cyclic N) is 1. The monoisotopic (exact) mass is 344 g/mol. The van der Waals surface area contributed by atoms with Crippen LogP contribution in [-0.2, 0) is 13.0 Å². The average molecular weight is 344 g/mol. The maximum Gasteiger partial charge on any atom is 0.306 e. The van der Waals surface area contributed by atoms with Crippen LogP contribution in [-0.4, -0.2) is 50.4 Å². The number of nitro groups is 1. The number of nitrogens with zero attached hydrogens (tertiary/aromatic N) is 4. The Hall–Kier alpha value is -2.25. The lowest BCUT2D eigenvalue weighted by molar-refractivity contribution is -0.385. The quantitative estimate of drug-likeness (QED) is 0.614. The molecular formula is C18H24N4O3. The summed E-state index contributed by atoms with van der Waals surface area (Å²) >= 11 is 0. The Labute approximate surface area is 147 Å². The average Bonchev–Trinajstić information content (AvgIpc) is 3.06. The number of aliphatic hydroxyl groups excluding tert-OH is 1. The van der Waals surface area contributed by atoms with Crippen LogP contribution in [0.4, 0.5) is 5.69 Å². The Kier molecular flexibility index (Phi) is 5.78. The van der Waals surface area contributed by atoms with E-state index >= 15 is 0 Å². The fourth-order valence-corrected chi connectivity index (χ4v) is 3.44. The minimum absolute atomic E-state index is 0.0473. The van der Waals surface area contributed by atoms with Crippen LogP contribution < -0.4 is 0 Å². The Morgan fingerprint density at radius 1 is 1.24 bits per heavy atom. The van der Waals surface area contributed by atoms with Crippen molar-refractivity contribution >= 4 is 5.69 Å². The van der Waals surface area contributed by atoms with E-state index < -0.39 is 11.0 Å². The van der Waals surface area contributed by atoms with E-state index in [-0.39, 0.29) is 12.2 Å². The summed E-state index contributed by atoms with van der Waals surface area (Å²) in [5, 5.41) is 24.8. The standard InChI is InChI=1S/C18H24N4O3/c23-18(14-21-12-17(11-19-21)22(24)25)13-20-8-6-16(7-9-20)10-15-4-2-1-3-5-15/h1-5,11-12,16,18,23H,6-10,13-14H2. The molecule has 0 aliphatic carbocycles. The molecule has 1 aromatic heterocycles. The van der Waals surface area contributed by atoms with E-state index in [1.807, 2.05) is 6.07 Å². The summed E-state index contributed by atoms with van der Waals surface area (Å²) in [6.07, 6.45) is 5.37. The summed E-state index contributed by atoms with van der Waals surface area (Å²) in [6, 6.07) is 10.6. The van der Waals surface area contributed by atoms with Crippen molar-refractivity contribution in [1.29, 1.82) is 0 Å². The zero-order chi connectivity index (χ0) is 17.6. The van der Waals surface area contributed by atoms with E-state index in [0.29, 0.717) is 12.5 Å². The second-order valence-electron chi connectivity index (χ2n) is 6.77. The van der Waals surface area contributed by atoms with Gasteiger partial charge >= 0.3 is 5.69 Å². The molecule has 0 bridgehead atoms. The van der Waals surface area contributed by atoms with E-state index in [1.165, 1.54) is 22.6 Å². The molecular weight excluding hydrogens is 320 g/mol. The molecule has 1 atom stereocenters. The lowest BCUT2D eigenvalue weighted by Gasteiger charge is -2.33. The van der Waals surface area contributed by atoms with E-state index in [2.05, 4.69) is 34.3 Å². The predicted molar refractivity (Wildman–Crippen MR) is 94.2 cm³/mol. The second-order valence-corrected chi connectivity index (χ2v) is 6.77. The first kappa shape index (κ1) is 17.6. The highest BCUT2D eigenvalue weighted by molar-refractivity contribution is 5.20. The Morgan fingerprint density at radius 3 is 2.60 bits per heavy atom. The molecule has 0 amide bonds. The van der Waals surface area contributed by atoms with Gasteiger partial charge in [-0.25, -0.2) is 0 Å². The van der Waals surface area contributed by atoms with E-state index in [9.17, 15) is 15.2 Å². The first-order chi connectivity index (χ1) is 12.1. The molecule has 7 heteroatoms. The number of hydrogen-bond donors (Lipinski definition) is 1. The maximum absolute atomic E-state index is 10.7. The number of aliphatic hydroxyl groups is 1. The van der Waals surface area contributed by atoms with Gasteiger partial charge in [0.15, 0.2) is 0 Å².